The second-order valence-corrected chi connectivity index (χ2v) is 11.1. The van der Waals surface area contributed by atoms with Gasteiger partial charge in [-0.2, -0.15) is 0 Å². The van der Waals surface area contributed by atoms with Gasteiger partial charge >= 0.3 is 12.1 Å². The molecule has 0 aliphatic heterocycles. The van der Waals surface area contributed by atoms with E-state index in [9.17, 15) is 24.6 Å². The van der Waals surface area contributed by atoms with Crippen LogP contribution in [0.15, 0.2) is 140 Å². The Labute approximate surface area is 266 Å². The number of aliphatic hydroxyl groups is 1. The average Bonchev–Trinajstić information content (AvgIpc) is 3.42. The van der Waals surface area contributed by atoms with Crippen LogP contribution < -0.4 is 10.6 Å². The van der Waals surface area contributed by atoms with E-state index in [1.165, 1.54) is 0 Å². The van der Waals surface area contributed by atoms with Crippen LogP contribution in [0.2, 0.25) is 0 Å². The number of aliphatic carboxylic acids is 1. The Hall–Kier alpha value is -5.73. The Kier molecular flexibility index (Phi) is 8.63. The largest absolute Gasteiger partial charge is 0.480 e. The lowest BCUT2D eigenvalue weighted by molar-refractivity contribution is -0.147. The molecule has 5 aromatic rings. The van der Waals surface area contributed by atoms with Crippen LogP contribution in [0.3, 0.4) is 0 Å². The molecule has 0 heterocycles. The summed E-state index contributed by atoms with van der Waals surface area (Å²) in [6.07, 6.45) is -3.23. The number of alkyl carbamates (subject to hydrolysis) is 1. The fourth-order valence-electron chi connectivity index (χ4n) is 6.23. The van der Waals surface area contributed by atoms with E-state index in [1.54, 1.807) is 0 Å². The number of carboxylic acids is 1. The minimum Gasteiger partial charge on any atom is -0.480 e. The maximum Gasteiger partial charge on any atom is 0.407 e. The van der Waals surface area contributed by atoms with Gasteiger partial charge in [-0.15, -0.1) is 0 Å². The van der Waals surface area contributed by atoms with E-state index in [0.29, 0.717) is 16.7 Å². The van der Waals surface area contributed by atoms with Crippen molar-refractivity contribution in [1.29, 1.82) is 0 Å². The first kappa shape index (κ1) is 30.3. The Bertz CT molecular complexity index is 1700. The van der Waals surface area contributed by atoms with Crippen molar-refractivity contribution in [2.24, 2.45) is 0 Å². The first-order chi connectivity index (χ1) is 22.4. The van der Waals surface area contributed by atoms with E-state index in [2.05, 4.69) is 10.6 Å². The number of hydrogen-bond donors (Lipinski definition) is 4. The minimum absolute atomic E-state index is 0.0619. The van der Waals surface area contributed by atoms with E-state index in [1.807, 2.05) is 140 Å². The fourth-order valence-corrected chi connectivity index (χ4v) is 6.23. The molecule has 5 aromatic carbocycles. The van der Waals surface area contributed by atoms with Gasteiger partial charge in [0, 0.05) is 5.92 Å². The van der Waals surface area contributed by atoms with Crippen molar-refractivity contribution >= 4 is 18.0 Å². The van der Waals surface area contributed by atoms with Crippen LogP contribution in [0, 0.1) is 0 Å². The third-order valence-electron chi connectivity index (χ3n) is 8.40. The Morgan fingerprint density at radius 2 is 1.07 bits per heavy atom. The summed E-state index contributed by atoms with van der Waals surface area (Å²) in [5.74, 6) is -2.85. The average molecular weight is 613 g/mol. The van der Waals surface area contributed by atoms with Crippen molar-refractivity contribution < 1.29 is 29.3 Å². The molecule has 0 aromatic heterocycles. The number of hydrogen-bond acceptors (Lipinski definition) is 5. The van der Waals surface area contributed by atoms with Gasteiger partial charge in [0.25, 0.3) is 5.91 Å². The highest BCUT2D eigenvalue weighted by molar-refractivity contribution is 5.91. The fraction of sp³-hybridized carbons (Fsp3) is 0.132. The smallest absolute Gasteiger partial charge is 0.407 e. The molecule has 0 radical (unpaired) electrons. The first-order valence-corrected chi connectivity index (χ1v) is 14.9. The standard InChI is InChI=1S/C38H32N2O6/c41-34(33(36(43)44)39-37(45)46-24-32-30-22-12-10-20-28(30)29-21-11-13-23-31(29)32)35(42)40-38(25-14-4-1-5-15-25,26-16-6-2-7-17-26)27-18-8-3-9-19-27/h1-23,32-34,41H,24H2,(H,39,45)(H,40,42)(H,43,44)/t33-,34-/m0/s1. The molecule has 0 spiro atoms. The van der Waals surface area contributed by atoms with Crippen LogP contribution in [0.4, 0.5) is 4.79 Å². The van der Waals surface area contributed by atoms with Gasteiger partial charge in [0.2, 0.25) is 0 Å². The molecular formula is C38H32N2O6. The summed E-state index contributed by atoms with van der Waals surface area (Å²) in [7, 11) is 0. The molecule has 230 valence electrons. The van der Waals surface area contributed by atoms with E-state index >= 15 is 0 Å². The molecular weight excluding hydrogens is 580 g/mol. The number of fused-ring (bicyclic) bond motifs is 3. The van der Waals surface area contributed by atoms with Crippen molar-refractivity contribution in [2.45, 2.75) is 23.6 Å². The number of carbonyl (C=O) groups excluding carboxylic acids is 2. The molecule has 8 nitrogen and oxygen atoms in total. The number of benzene rings is 5. The molecule has 46 heavy (non-hydrogen) atoms. The molecule has 1 aliphatic rings. The normalized spacial score (nSPS) is 13.5. The van der Waals surface area contributed by atoms with Crippen LogP contribution in [-0.2, 0) is 19.9 Å². The van der Waals surface area contributed by atoms with Crippen molar-refractivity contribution in [3.05, 3.63) is 167 Å². The van der Waals surface area contributed by atoms with E-state index < -0.39 is 35.7 Å². The van der Waals surface area contributed by atoms with Crippen LogP contribution in [0.25, 0.3) is 11.1 Å². The zero-order valence-corrected chi connectivity index (χ0v) is 24.7. The molecule has 0 fully saturated rings. The molecule has 0 saturated heterocycles. The minimum atomic E-state index is -2.16. The summed E-state index contributed by atoms with van der Waals surface area (Å²) in [4.78, 5) is 39.1. The number of ether oxygens (including phenoxy) is 1. The molecule has 0 bridgehead atoms. The number of amides is 2. The maximum absolute atomic E-state index is 13.8. The van der Waals surface area contributed by atoms with E-state index in [-0.39, 0.29) is 12.5 Å². The molecule has 2 amide bonds. The summed E-state index contributed by atoms with van der Waals surface area (Å²) in [5, 5.41) is 26.3. The number of aliphatic hydroxyl groups excluding tert-OH is 1. The first-order valence-electron chi connectivity index (χ1n) is 14.9. The van der Waals surface area contributed by atoms with E-state index in [0.717, 1.165) is 22.3 Å². The Morgan fingerprint density at radius 1 is 0.652 bits per heavy atom. The van der Waals surface area contributed by atoms with Crippen LogP contribution in [-0.4, -0.2) is 46.9 Å². The maximum atomic E-state index is 13.8. The molecule has 0 unspecified atom stereocenters. The molecule has 0 saturated carbocycles. The predicted octanol–water partition coefficient (Wildman–Crippen LogP) is 5.45. The van der Waals surface area contributed by atoms with Gasteiger partial charge in [0.05, 0.1) is 0 Å². The highest BCUT2D eigenvalue weighted by Crippen LogP contribution is 2.44. The van der Waals surface area contributed by atoms with Gasteiger partial charge in [-0.3, -0.25) is 4.79 Å². The third-order valence-corrected chi connectivity index (χ3v) is 8.40. The number of rotatable bonds is 10. The molecule has 4 N–H and O–H groups in total. The molecule has 1 aliphatic carbocycles. The van der Waals surface area contributed by atoms with Gasteiger partial charge in [0.1, 0.15) is 12.1 Å². The number of carbonyl (C=O) groups is 3. The number of carboxylic acid groups (broad SMARTS) is 1. The Balaban J connectivity index is 1.24. The Morgan fingerprint density at radius 3 is 1.50 bits per heavy atom. The SMILES string of the molecule is O=C(N[C@H](C(=O)O)[C@H](O)C(=O)NC(c1ccccc1)(c1ccccc1)c1ccccc1)OCC1c2ccccc2-c2ccccc21. The molecule has 2 atom stereocenters. The topological polar surface area (TPSA) is 125 Å². The predicted molar refractivity (Wildman–Crippen MR) is 173 cm³/mol. The summed E-state index contributed by atoms with van der Waals surface area (Å²) < 4.78 is 5.50. The van der Waals surface area contributed by atoms with Gasteiger partial charge < -0.3 is 25.6 Å². The van der Waals surface area contributed by atoms with Crippen molar-refractivity contribution in [1.82, 2.24) is 10.6 Å². The third kappa shape index (κ3) is 5.74. The summed E-state index contributed by atoms with van der Waals surface area (Å²) >= 11 is 0. The van der Waals surface area contributed by atoms with E-state index in [4.69, 9.17) is 4.74 Å². The second kappa shape index (κ2) is 13.1. The van der Waals surface area contributed by atoms with Crippen molar-refractivity contribution in [3.8, 4) is 11.1 Å². The molecule has 6 rings (SSSR count). The van der Waals surface area contributed by atoms with Gasteiger partial charge in [-0.25, -0.2) is 9.59 Å². The van der Waals surface area contributed by atoms with Crippen molar-refractivity contribution in [3.63, 3.8) is 0 Å². The second-order valence-electron chi connectivity index (χ2n) is 11.1. The zero-order chi connectivity index (χ0) is 32.1. The monoisotopic (exact) mass is 612 g/mol. The van der Waals surface area contributed by atoms with Gasteiger partial charge in [-0.1, -0.05) is 140 Å². The lowest BCUT2D eigenvalue weighted by atomic mass is 9.76. The lowest BCUT2D eigenvalue weighted by Gasteiger charge is -2.38. The zero-order valence-electron chi connectivity index (χ0n) is 24.7. The van der Waals surface area contributed by atoms with Gasteiger partial charge in [-0.05, 0) is 38.9 Å². The highest BCUT2D eigenvalue weighted by Gasteiger charge is 2.42. The summed E-state index contributed by atoms with van der Waals surface area (Å²) in [5.41, 5.74) is 4.82. The van der Waals surface area contributed by atoms with Crippen LogP contribution in [0.5, 0.6) is 0 Å². The van der Waals surface area contributed by atoms with Crippen LogP contribution >= 0.6 is 0 Å². The van der Waals surface area contributed by atoms with Gasteiger partial charge in [0.15, 0.2) is 12.1 Å². The number of nitrogens with one attached hydrogen (secondary N) is 2. The highest BCUT2D eigenvalue weighted by atomic mass is 16.5. The lowest BCUT2D eigenvalue weighted by Crippen LogP contribution is -2.58. The molecule has 8 heteroatoms. The van der Waals surface area contributed by atoms with Crippen molar-refractivity contribution in [2.75, 3.05) is 6.61 Å². The van der Waals surface area contributed by atoms with Crippen LogP contribution in [0.1, 0.15) is 33.7 Å². The summed E-state index contributed by atoms with van der Waals surface area (Å²) in [6, 6.07) is 41.2. The summed E-state index contributed by atoms with van der Waals surface area (Å²) in [6.45, 7) is -0.0619. The quantitative estimate of drug-likeness (QED) is 0.156.